The van der Waals surface area contributed by atoms with Crippen LogP contribution in [0.2, 0.25) is 0 Å². The van der Waals surface area contributed by atoms with Gasteiger partial charge in [0.1, 0.15) is 11.5 Å². The third-order valence-electron chi connectivity index (χ3n) is 3.75. The third-order valence-corrected chi connectivity index (χ3v) is 4.58. The lowest BCUT2D eigenvalue weighted by molar-refractivity contribution is 0.282. The first-order chi connectivity index (χ1) is 10.1. The number of hydrogen-bond donors (Lipinski definition) is 1. The van der Waals surface area contributed by atoms with Gasteiger partial charge in [-0.1, -0.05) is 0 Å². The highest BCUT2D eigenvalue weighted by Gasteiger charge is 2.21. The van der Waals surface area contributed by atoms with Gasteiger partial charge >= 0.3 is 0 Å². The van der Waals surface area contributed by atoms with Crippen LogP contribution < -0.4 is 5.32 Å². The minimum Gasteiger partial charge on any atom is -0.465 e. The van der Waals surface area contributed by atoms with Gasteiger partial charge in [-0.2, -0.15) is 0 Å². The lowest BCUT2D eigenvalue weighted by Crippen LogP contribution is -2.17. The smallest absolute Gasteiger partial charge is 0.118 e. The molecule has 0 aliphatic heterocycles. The predicted octanol–water partition coefficient (Wildman–Crippen LogP) is 3.24. The average molecular weight is 305 g/mol. The zero-order valence-electron chi connectivity index (χ0n) is 13.0. The second-order valence-corrected chi connectivity index (χ2v) is 7.04. The van der Waals surface area contributed by atoms with Crippen molar-refractivity contribution in [2.24, 2.45) is 0 Å². The van der Waals surface area contributed by atoms with Crippen LogP contribution in [0.15, 0.2) is 15.9 Å². The number of furan rings is 1. The quantitative estimate of drug-likeness (QED) is 0.852. The fourth-order valence-corrected chi connectivity index (χ4v) is 3.07. The molecule has 0 spiro atoms. The van der Waals surface area contributed by atoms with Crippen molar-refractivity contribution in [3.63, 3.8) is 0 Å². The summed E-state index contributed by atoms with van der Waals surface area (Å²) < 4.78 is 5.88. The molecule has 1 N–H and O–H groups in total. The van der Waals surface area contributed by atoms with E-state index in [2.05, 4.69) is 40.6 Å². The highest BCUT2D eigenvalue weighted by Crippen LogP contribution is 2.22. The van der Waals surface area contributed by atoms with Gasteiger partial charge < -0.3 is 9.73 Å². The number of aromatic nitrogens is 1. The molecule has 2 aromatic heterocycles. The van der Waals surface area contributed by atoms with Crippen LogP contribution in [0.4, 0.5) is 0 Å². The first-order valence-electron chi connectivity index (χ1n) is 7.51. The molecule has 0 unspecified atom stereocenters. The molecule has 4 nitrogen and oxygen atoms in total. The molecule has 21 heavy (non-hydrogen) atoms. The maximum Gasteiger partial charge on any atom is 0.118 e. The second kappa shape index (κ2) is 6.30. The van der Waals surface area contributed by atoms with Crippen molar-refractivity contribution in [2.45, 2.75) is 52.4 Å². The van der Waals surface area contributed by atoms with Crippen molar-refractivity contribution >= 4 is 11.3 Å². The topological polar surface area (TPSA) is 41.3 Å². The van der Waals surface area contributed by atoms with Gasteiger partial charge in [0.2, 0.25) is 0 Å². The molecule has 3 rings (SSSR count). The molecule has 0 amide bonds. The lowest BCUT2D eigenvalue weighted by Gasteiger charge is -2.13. The van der Waals surface area contributed by atoms with Gasteiger partial charge in [0.25, 0.3) is 0 Å². The molecular formula is C16H23N3OS. The van der Waals surface area contributed by atoms with Crippen molar-refractivity contribution in [1.29, 1.82) is 0 Å². The Hall–Kier alpha value is -1.17. The molecule has 114 valence electrons. The van der Waals surface area contributed by atoms with Crippen LogP contribution in [0, 0.1) is 13.8 Å². The Morgan fingerprint density at radius 1 is 1.38 bits per heavy atom. The Bertz CT molecular complexity index is 600. The maximum absolute atomic E-state index is 5.88. The summed E-state index contributed by atoms with van der Waals surface area (Å²) in [6.45, 7) is 6.70. The van der Waals surface area contributed by atoms with Gasteiger partial charge in [0.15, 0.2) is 0 Å². The van der Waals surface area contributed by atoms with E-state index in [0.717, 1.165) is 47.9 Å². The fraction of sp³-hybridized carbons (Fsp3) is 0.562. The van der Waals surface area contributed by atoms with Crippen LogP contribution in [0.5, 0.6) is 0 Å². The minimum atomic E-state index is 0.735. The number of nitrogens with one attached hydrogen (secondary N) is 1. The van der Waals surface area contributed by atoms with E-state index in [0.29, 0.717) is 0 Å². The number of thiazole rings is 1. The molecule has 0 aromatic carbocycles. The van der Waals surface area contributed by atoms with Crippen LogP contribution >= 0.6 is 11.3 Å². The maximum atomic E-state index is 5.88. The zero-order valence-corrected chi connectivity index (χ0v) is 13.8. The predicted molar refractivity (Wildman–Crippen MR) is 85.3 cm³/mol. The summed E-state index contributed by atoms with van der Waals surface area (Å²) in [5, 5.41) is 6.80. The van der Waals surface area contributed by atoms with Gasteiger partial charge in [-0.15, -0.1) is 11.3 Å². The Morgan fingerprint density at radius 2 is 2.19 bits per heavy atom. The van der Waals surface area contributed by atoms with E-state index < -0.39 is 0 Å². The normalized spacial score (nSPS) is 15.0. The summed E-state index contributed by atoms with van der Waals surface area (Å²) >= 11 is 1.70. The van der Waals surface area contributed by atoms with E-state index in [-0.39, 0.29) is 0 Å². The first-order valence-corrected chi connectivity index (χ1v) is 8.39. The zero-order chi connectivity index (χ0) is 14.8. The van der Waals surface area contributed by atoms with Gasteiger partial charge in [0.05, 0.1) is 17.2 Å². The molecular weight excluding hydrogens is 282 g/mol. The van der Waals surface area contributed by atoms with Gasteiger partial charge in [-0.3, -0.25) is 4.90 Å². The summed E-state index contributed by atoms with van der Waals surface area (Å²) in [6.07, 6.45) is 2.64. The molecule has 0 bridgehead atoms. The third kappa shape index (κ3) is 4.15. The molecule has 2 heterocycles. The van der Waals surface area contributed by atoms with Crippen molar-refractivity contribution < 1.29 is 4.42 Å². The Morgan fingerprint density at radius 3 is 2.86 bits per heavy atom. The molecule has 1 saturated carbocycles. The van der Waals surface area contributed by atoms with E-state index in [1.165, 1.54) is 18.4 Å². The highest BCUT2D eigenvalue weighted by atomic mass is 32.1. The summed E-state index contributed by atoms with van der Waals surface area (Å²) in [5.74, 6) is 2.07. The molecule has 2 aromatic rings. The van der Waals surface area contributed by atoms with Crippen molar-refractivity contribution in [1.82, 2.24) is 15.2 Å². The number of rotatable bonds is 7. The molecule has 1 aliphatic rings. The van der Waals surface area contributed by atoms with Crippen LogP contribution in [0.1, 0.15) is 40.6 Å². The summed E-state index contributed by atoms with van der Waals surface area (Å²) in [7, 11) is 2.11. The fourth-order valence-electron chi connectivity index (χ4n) is 2.46. The van der Waals surface area contributed by atoms with Crippen molar-refractivity contribution in [3.8, 4) is 0 Å². The molecule has 0 saturated heterocycles. The van der Waals surface area contributed by atoms with E-state index in [1.54, 1.807) is 11.3 Å². The number of nitrogens with zero attached hydrogens (tertiary/aromatic N) is 2. The standard InChI is InChI=1S/C16H23N3OS/c1-11-13(7-17-14-4-5-14)6-16(20-11)9-19(3)8-15-10-21-12(2)18-15/h6,10,14,17H,4-5,7-9H2,1-3H3. The first kappa shape index (κ1) is 14.8. The Kier molecular flexibility index (Phi) is 4.42. The highest BCUT2D eigenvalue weighted by molar-refractivity contribution is 7.09. The number of hydrogen-bond acceptors (Lipinski definition) is 5. The molecule has 0 radical (unpaired) electrons. The summed E-state index contributed by atoms with van der Waals surface area (Å²) in [6, 6.07) is 2.92. The van der Waals surface area contributed by atoms with E-state index in [4.69, 9.17) is 4.42 Å². The SMILES string of the molecule is Cc1nc(CN(C)Cc2cc(CNC3CC3)c(C)o2)cs1. The van der Waals surface area contributed by atoms with Gasteiger partial charge in [-0.05, 0) is 39.8 Å². The van der Waals surface area contributed by atoms with Crippen molar-refractivity contribution in [3.05, 3.63) is 39.2 Å². The molecule has 1 fully saturated rings. The Labute approximate surface area is 130 Å². The Balaban J connectivity index is 1.54. The molecule has 0 atom stereocenters. The monoisotopic (exact) mass is 305 g/mol. The molecule has 1 aliphatic carbocycles. The van der Waals surface area contributed by atoms with Crippen LogP contribution in [-0.4, -0.2) is 23.0 Å². The summed E-state index contributed by atoms with van der Waals surface area (Å²) in [4.78, 5) is 6.75. The van der Waals surface area contributed by atoms with Crippen LogP contribution in [0.25, 0.3) is 0 Å². The van der Waals surface area contributed by atoms with E-state index >= 15 is 0 Å². The van der Waals surface area contributed by atoms with Crippen LogP contribution in [0.3, 0.4) is 0 Å². The van der Waals surface area contributed by atoms with Gasteiger partial charge in [-0.25, -0.2) is 4.98 Å². The number of aryl methyl sites for hydroxylation is 2. The largest absolute Gasteiger partial charge is 0.465 e. The second-order valence-electron chi connectivity index (χ2n) is 5.98. The lowest BCUT2D eigenvalue weighted by atomic mass is 10.2. The minimum absolute atomic E-state index is 0.735. The van der Waals surface area contributed by atoms with Crippen molar-refractivity contribution in [2.75, 3.05) is 7.05 Å². The van der Waals surface area contributed by atoms with E-state index in [9.17, 15) is 0 Å². The van der Waals surface area contributed by atoms with E-state index in [1.807, 2.05) is 6.92 Å². The van der Waals surface area contributed by atoms with Gasteiger partial charge in [0, 0.05) is 30.1 Å². The molecule has 5 heteroatoms. The summed E-state index contributed by atoms with van der Waals surface area (Å²) in [5.41, 5.74) is 2.42. The van der Waals surface area contributed by atoms with Crippen LogP contribution in [-0.2, 0) is 19.6 Å². The average Bonchev–Trinajstić information content (AvgIpc) is 3.07.